The van der Waals surface area contributed by atoms with Gasteiger partial charge in [-0.1, -0.05) is 47.6 Å². The molecule has 0 saturated carbocycles. The van der Waals surface area contributed by atoms with Crippen molar-refractivity contribution in [1.29, 1.82) is 0 Å². The van der Waals surface area contributed by atoms with Crippen molar-refractivity contribution in [2.75, 3.05) is 13.1 Å². The van der Waals surface area contributed by atoms with E-state index in [9.17, 15) is 9.59 Å². The first-order valence-corrected chi connectivity index (χ1v) is 9.40. The molecule has 0 atom stereocenters. The predicted molar refractivity (Wildman–Crippen MR) is 103 cm³/mol. The van der Waals surface area contributed by atoms with Crippen molar-refractivity contribution >= 4 is 17.0 Å². The van der Waals surface area contributed by atoms with E-state index in [0.717, 1.165) is 5.56 Å². The Kier molecular flexibility index (Phi) is 4.23. The molecule has 2 aromatic carbocycles. The van der Waals surface area contributed by atoms with Gasteiger partial charge < -0.3 is 13.8 Å². The third-order valence-corrected chi connectivity index (χ3v) is 5.14. The van der Waals surface area contributed by atoms with Crippen LogP contribution < -0.4 is 5.76 Å². The van der Waals surface area contributed by atoms with E-state index in [4.69, 9.17) is 8.94 Å². The smallest absolute Gasteiger partial charge is 0.408 e. The van der Waals surface area contributed by atoms with E-state index in [1.54, 1.807) is 29.2 Å². The lowest BCUT2D eigenvalue weighted by molar-refractivity contribution is -0.136. The second-order valence-corrected chi connectivity index (χ2v) is 7.13. The molecule has 1 fully saturated rings. The Balaban J connectivity index is 1.21. The molecule has 0 spiro atoms. The van der Waals surface area contributed by atoms with Gasteiger partial charge >= 0.3 is 5.76 Å². The van der Waals surface area contributed by atoms with Gasteiger partial charge in [0.25, 0.3) is 0 Å². The van der Waals surface area contributed by atoms with Crippen molar-refractivity contribution in [2.45, 2.75) is 18.9 Å². The molecule has 1 amide bonds. The zero-order valence-corrected chi connectivity index (χ0v) is 15.5. The first-order valence-electron chi connectivity index (χ1n) is 9.40. The molecule has 0 aliphatic carbocycles. The van der Waals surface area contributed by atoms with Crippen molar-refractivity contribution in [1.82, 2.24) is 19.6 Å². The minimum atomic E-state index is -0.529. The molecule has 3 heterocycles. The van der Waals surface area contributed by atoms with E-state index in [2.05, 4.69) is 10.1 Å². The summed E-state index contributed by atoms with van der Waals surface area (Å²) in [5, 5.41) is 4.04. The molecule has 0 N–H and O–H groups in total. The van der Waals surface area contributed by atoms with Crippen molar-refractivity contribution in [3.05, 3.63) is 82.4 Å². The third kappa shape index (κ3) is 3.33. The molecule has 8 heteroatoms. The fraction of sp³-hybridized carbons (Fsp3) is 0.238. The fourth-order valence-corrected chi connectivity index (χ4v) is 3.52. The van der Waals surface area contributed by atoms with Crippen molar-refractivity contribution in [2.24, 2.45) is 0 Å². The van der Waals surface area contributed by atoms with Gasteiger partial charge in [-0.15, -0.1) is 0 Å². The van der Waals surface area contributed by atoms with Crippen LogP contribution in [0.4, 0.5) is 0 Å². The Labute approximate surface area is 165 Å². The molecule has 2 aromatic heterocycles. The molecule has 4 aromatic rings. The standard InChI is InChI=1S/C21H18N4O4/c26-19(13-25-16-8-4-5-9-17(16)28-21(25)27)24-11-15(12-24)20-22-18(23-29-20)10-14-6-2-1-3-7-14/h1-9,15H,10-13H2. The van der Waals surface area contributed by atoms with Gasteiger partial charge in [0.05, 0.1) is 11.4 Å². The van der Waals surface area contributed by atoms with E-state index < -0.39 is 5.76 Å². The Hall–Kier alpha value is -3.68. The number of hydrogen-bond acceptors (Lipinski definition) is 6. The summed E-state index contributed by atoms with van der Waals surface area (Å²) in [4.78, 5) is 30.8. The first-order chi connectivity index (χ1) is 14.2. The molecule has 0 unspecified atom stereocenters. The van der Waals surface area contributed by atoms with Gasteiger partial charge in [-0.3, -0.25) is 9.36 Å². The normalized spacial score (nSPS) is 14.3. The lowest BCUT2D eigenvalue weighted by Gasteiger charge is -2.37. The summed E-state index contributed by atoms with van der Waals surface area (Å²) < 4.78 is 11.9. The highest BCUT2D eigenvalue weighted by molar-refractivity contribution is 5.80. The van der Waals surface area contributed by atoms with E-state index in [0.29, 0.717) is 42.3 Å². The van der Waals surface area contributed by atoms with Gasteiger partial charge in [0.15, 0.2) is 11.4 Å². The SMILES string of the molecule is O=C(Cn1c(=O)oc2ccccc21)N1CC(c2nc(Cc3ccccc3)no2)C1. The largest absolute Gasteiger partial charge is 0.420 e. The van der Waals surface area contributed by atoms with Crippen LogP contribution in [0.2, 0.25) is 0 Å². The number of amides is 1. The minimum absolute atomic E-state index is 0.0220. The number of likely N-dealkylation sites (tertiary alicyclic amines) is 1. The molecule has 1 saturated heterocycles. The molecule has 0 bridgehead atoms. The number of hydrogen-bond donors (Lipinski definition) is 0. The van der Waals surface area contributed by atoms with E-state index in [1.807, 2.05) is 30.3 Å². The maximum atomic E-state index is 12.6. The monoisotopic (exact) mass is 390 g/mol. The Morgan fingerprint density at radius 3 is 2.66 bits per heavy atom. The highest BCUT2D eigenvalue weighted by atomic mass is 16.5. The minimum Gasteiger partial charge on any atom is -0.408 e. The van der Waals surface area contributed by atoms with Crippen LogP contribution in [-0.4, -0.2) is 38.6 Å². The van der Waals surface area contributed by atoms with Crippen LogP contribution in [0.25, 0.3) is 11.1 Å². The molecular formula is C21H18N4O4. The molecule has 146 valence electrons. The maximum Gasteiger partial charge on any atom is 0.420 e. The summed E-state index contributed by atoms with van der Waals surface area (Å²) in [6, 6.07) is 17.0. The van der Waals surface area contributed by atoms with Gasteiger partial charge in [0, 0.05) is 19.5 Å². The number of carbonyl (C=O) groups is 1. The second-order valence-electron chi connectivity index (χ2n) is 7.13. The van der Waals surface area contributed by atoms with Crippen molar-refractivity contribution in [3.8, 4) is 0 Å². The van der Waals surface area contributed by atoms with E-state index >= 15 is 0 Å². The average Bonchev–Trinajstić information content (AvgIpc) is 3.26. The molecule has 1 aliphatic rings. The summed E-state index contributed by atoms with van der Waals surface area (Å²) in [7, 11) is 0. The van der Waals surface area contributed by atoms with Crippen molar-refractivity contribution < 1.29 is 13.7 Å². The number of nitrogens with zero attached hydrogens (tertiary/aromatic N) is 4. The fourth-order valence-electron chi connectivity index (χ4n) is 3.52. The summed E-state index contributed by atoms with van der Waals surface area (Å²) in [5.41, 5.74) is 2.21. The van der Waals surface area contributed by atoms with Crippen LogP contribution in [0.5, 0.6) is 0 Å². The van der Waals surface area contributed by atoms with Crippen LogP contribution in [-0.2, 0) is 17.8 Å². The average molecular weight is 390 g/mol. The molecule has 1 aliphatic heterocycles. The molecule has 8 nitrogen and oxygen atoms in total. The van der Waals surface area contributed by atoms with Gasteiger partial charge in [-0.25, -0.2) is 4.79 Å². The number of oxazole rings is 1. The number of fused-ring (bicyclic) bond motifs is 1. The van der Waals surface area contributed by atoms with Crippen LogP contribution in [0.1, 0.15) is 23.2 Å². The summed E-state index contributed by atoms with van der Waals surface area (Å²) in [6.45, 7) is 0.943. The maximum absolute atomic E-state index is 12.6. The summed E-state index contributed by atoms with van der Waals surface area (Å²) >= 11 is 0. The number of para-hydroxylation sites is 2. The summed E-state index contributed by atoms with van der Waals surface area (Å²) in [5.74, 6) is 0.532. The Morgan fingerprint density at radius 1 is 1.07 bits per heavy atom. The second kappa shape index (κ2) is 7.05. The molecule has 5 rings (SSSR count). The van der Waals surface area contributed by atoms with Crippen LogP contribution in [0.15, 0.2) is 68.3 Å². The van der Waals surface area contributed by atoms with Crippen LogP contribution in [0.3, 0.4) is 0 Å². The number of carbonyl (C=O) groups excluding carboxylic acids is 1. The Morgan fingerprint density at radius 2 is 1.83 bits per heavy atom. The highest BCUT2D eigenvalue weighted by Gasteiger charge is 2.35. The van der Waals surface area contributed by atoms with Crippen molar-refractivity contribution in [3.63, 3.8) is 0 Å². The number of aromatic nitrogens is 3. The lowest BCUT2D eigenvalue weighted by atomic mass is 10.00. The number of rotatable bonds is 5. The molecular weight excluding hydrogens is 372 g/mol. The van der Waals surface area contributed by atoms with E-state index in [-0.39, 0.29) is 18.4 Å². The van der Waals surface area contributed by atoms with Crippen LogP contribution >= 0.6 is 0 Å². The van der Waals surface area contributed by atoms with Gasteiger partial charge in [0.1, 0.15) is 6.54 Å². The van der Waals surface area contributed by atoms with E-state index in [1.165, 1.54) is 4.57 Å². The first kappa shape index (κ1) is 17.4. The molecule has 29 heavy (non-hydrogen) atoms. The number of benzene rings is 2. The van der Waals surface area contributed by atoms with Gasteiger partial charge in [0.2, 0.25) is 11.8 Å². The van der Waals surface area contributed by atoms with Crippen LogP contribution in [0, 0.1) is 0 Å². The predicted octanol–water partition coefficient (Wildman–Crippen LogP) is 2.19. The highest BCUT2D eigenvalue weighted by Crippen LogP contribution is 2.26. The zero-order chi connectivity index (χ0) is 19.8. The Bertz CT molecular complexity index is 1220. The quantitative estimate of drug-likeness (QED) is 0.518. The molecule has 0 radical (unpaired) electrons. The third-order valence-electron chi connectivity index (χ3n) is 5.14. The summed E-state index contributed by atoms with van der Waals surface area (Å²) in [6.07, 6.45) is 0.607. The lowest BCUT2D eigenvalue weighted by Crippen LogP contribution is -2.50. The van der Waals surface area contributed by atoms with Gasteiger partial charge in [-0.05, 0) is 17.7 Å². The zero-order valence-electron chi connectivity index (χ0n) is 15.5. The van der Waals surface area contributed by atoms with Gasteiger partial charge in [-0.2, -0.15) is 4.98 Å². The topological polar surface area (TPSA) is 94.4 Å².